The molecule has 0 aromatic heterocycles. The summed E-state index contributed by atoms with van der Waals surface area (Å²) in [6.45, 7) is 2.83. The van der Waals surface area contributed by atoms with E-state index in [-0.39, 0.29) is 0 Å². The highest BCUT2D eigenvalue weighted by atomic mass is 32.2. The molecule has 20 heavy (non-hydrogen) atoms. The number of hydrogen-bond donors (Lipinski definition) is 2. The monoisotopic (exact) mass is 305 g/mol. The molecule has 0 aliphatic carbocycles. The van der Waals surface area contributed by atoms with Crippen molar-refractivity contribution in [2.24, 2.45) is 0 Å². The quantitative estimate of drug-likeness (QED) is 0.355. The van der Waals surface area contributed by atoms with E-state index in [1.807, 2.05) is 6.26 Å². The van der Waals surface area contributed by atoms with Gasteiger partial charge in [-0.3, -0.25) is 4.79 Å². The molecule has 0 heterocycles. The van der Waals surface area contributed by atoms with Crippen LogP contribution in [0, 0.1) is 0 Å². The van der Waals surface area contributed by atoms with E-state index < -0.39 is 12.0 Å². The van der Waals surface area contributed by atoms with Gasteiger partial charge in [-0.05, 0) is 24.9 Å². The highest BCUT2D eigenvalue weighted by Crippen LogP contribution is 2.08. The number of carboxylic acids is 1. The van der Waals surface area contributed by atoms with Gasteiger partial charge in [-0.15, -0.1) is 0 Å². The van der Waals surface area contributed by atoms with E-state index in [0.717, 1.165) is 18.6 Å². The highest BCUT2D eigenvalue weighted by molar-refractivity contribution is 7.98. The van der Waals surface area contributed by atoms with Crippen LogP contribution in [-0.4, -0.2) is 35.7 Å². The second-order valence-electron chi connectivity index (χ2n) is 5.11. The predicted octanol–water partition coefficient (Wildman–Crippen LogP) is 3.85. The zero-order valence-corrected chi connectivity index (χ0v) is 13.8. The SMILES string of the molecule is CCCCCCCCCCON[C@@H](CCSC)C(=O)O. The first kappa shape index (κ1) is 19.7. The molecular weight excluding hydrogens is 274 g/mol. The van der Waals surface area contributed by atoms with Gasteiger partial charge in [-0.25, -0.2) is 0 Å². The largest absolute Gasteiger partial charge is 0.480 e. The lowest BCUT2D eigenvalue weighted by molar-refractivity contribution is -0.144. The Morgan fingerprint density at radius 3 is 2.30 bits per heavy atom. The van der Waals surface area contributed by atoms with E-state index in [9.17, 15) is 4.79 Å². The third-order valence-corrected chi connectivity index (χ3v) is 3.88. The number of carbonyl (C=O) groups is 1. The fraction of sp³-hybridized carbons (Fsp3) is 0.933. The summed E-state index contributed by atoms with van der Waals surface area (Å²) < 4.78 is 0. The van der Waals surface area contributed by atoms with Gasteiger partial charge in [-0.1, -0.05) is 51.9 Å². The number of aliphatic carboxylic acids is 1. The van der Waals surface area contributed by atoms with Crippen LogP contribution in [0.3, 0.4) is 0 Å². The molecule has 4 nitrogen and oxygen atoms in total. The van der Waals surface area contributed by atoms with Crippen molar-refractivity contribution in [1.82, 2.24) is 5.48 Å². The first-order chi connectivity index (χ1) is 9.72. The van der Waals surface area contributed by atoms with Crippen LogP contribution in [0.1, 0.15) is 64.7 Å². The van der Waals surface area contributed by atoms with Crippen LogP contribution in [0.5, 0.6) is 0 Å². The van der Waals surface area contributed by atoms with Gasteiger partial charge >= 0.3 is 5.97 Å². The van der Waals surface area contributed by atoms with Gasteiger partial charge in [0, 0.05) is 0 Å². The molecule has 1 atom stereocenters. The Kier molecular flexibility index (Phi) is 14.9. The van der Waals surface area contributed by atoms with Crippen molar-refractivity contribution >= 4 is 17.7 Å². The average molecular weight is 305 g/mol. The number of thioether (sulfide) groups is 1. The Labute approximate surface area is 128 Å². The highest BCUT2D eigenvalue weighted by Gasteiger charge is 2.16. The van der Waals surface area contributed by atoms with Gasteiger partial charge in [0.05, 0.1) is 6.61 Å². The zero-order chi connectivity index (χ0) is 15.1. The number of nitrogens with one attached hydrogen (secondary N) is 1. The van der Waals surface area contributed by atoms with Gasteiger partial charge in [-0.2, -0.15) is 17.2 Å². The minimum Gasteiger partial charge on any atom is -0.480 e. The Balaban J connectivity index is 3.34. The lowest BCUT2D eigenvalue weighted by atomic mass is 10.1. The van der Waals surface area contributed by atoms with Crippen molar-refractivity contribution in [2.45, 2.75) is 70.8 Å². The van der Waals surface area contributed by atoms with E-state index in [0.29, 0.717) is 13.0 Å². The van der Waals surface area contributed by atoms with Crippen LogP contribution < -0.4 is 5.48 Å². The van der Waals surface area contributed by atoms with Crippen LogP contribution in [0.2, 0.25) is 0 Å². The summed E-state index contributed by atoms with van der Waals surface area (Å²) in [4.78, 5) is 16.2. The fourth-order valence-corrected chi connectivity index (χ4v) is 2.41. The molecule has 0 fully saturated rings. The average Bonchev–Trinajstić information content (AvgIpc) is 2.43. The number of carboxylic acid groups (broad SMARTS) is 1. The molecule has 0 aromatic carbocycles. The predicted molar refractivity (Wildman–Crippen MR) is 86.1 cm³/mol. The van der Waals surface area contributed by atoms with Crippen molar-refractivity contribution in [2.75, 3.05) is 18.6 Å². The van der Waals surface area contributed by atoms with Gasteiger partial charge < -0.3 is 9.94 Å². The van der Waals surface area contributed by atoms with Crippen molar-refractivity contribution in [3.05, 3.63) is 0 Å². The number of hydrogen-bond acceptors (Lipinski definition) is 4. The van der Waals surface area contributed by atoms with Gasteiger partial charge in [0.15, 0.2) is 0 Å². The van der Waals surface area contributed by atoms with Crippen LogP contribution in [0.4, 0.5) is 0 Å². The Bertz CT molecular complexity index is 227. The minimum atomic E-state index is -0.838. The van der Waals surface area contributed by atoms with Crippen LogP contribution >= 0.6 is 11.8 Å². The van der Waals surface area contributed by atoms with Crippen LogP contribution in [-0.2, 0) is 9.63 Å². The zero-order valence-electron chi connectivity index (χ0n) is 13.0. The minimum absolute atomic E-state index is 0.587. The molecule has 0 aliphatic heterocycles. The molecule has 0 amide bonds. The summed E-state index contributed by atoms with van der Waals surface area (Å²) in [6, 6.07) is -0.587. The molecule has 0 unspecified atom stereocenters. The molecule has 0 bridgehead atoms. The van der Waals surface area contributed by atoms with E-state index in [4.69, 9.17) is 9.94 Å². The maximum atomic E-state index is 10.9. The topological polar surface area (TPSA) is 58.6 Å². The first-order valence-corrected chi connectivity index (χ1v) is 9.20. The molecule has 0 aromatic rings. The lowest BCUT2D eigenvalue weighted by Crippen LogP contribution is -2.37. The second-order valence-corrected chi connectivity index (χ2v) is 6.10. The number of unbranched alkanes of at least 4 members (excludes halogenated alkanes) is 7. The maximum absolute atomic E-state index is 10.9. The molecule has 5 heteroatoms. The Hall–Kier alpha value is -0.260. The smallest absolute Gasteiger partial charge is 0.323 e. The third-order valence-electron chi connectivity index (χ3n) is 3.23. The van der Waals surface area contributed by atoms with Crippen molar-refractivity contribution in [3.63, 3.8) is 0 Å². The summed E-state index contributed by atoms with van der Waals surface area (Å²) in [5, 5.41) is 8.99. The molecule has 120 valence electrons. The van der Waals surface area contributed by atoms with E-state index >= 15 is 0 Å². The summed E-state index contributed by atoms with van der Waals surface area (Å²) in [7, 11) is 0. The molecule has 0 aliphatic rings. The summed E-state index contributed by atoms with van der Waals surface area (Å²) in [5.41, 5.74) is 2.66. The van der Waals surface area contributed by atoms with Crippen molar-refractivity contribution in [3.8, 4) is 0 Å². The maximum Gasteiger partial charge on any atom is 0.323 e. The molecule has 2 N–H and O–H groups in total. The lowest BCUT2D eigenvalue weighted by Gasteiger charge is -2.13. The molecule has 0 saturated heterocycles. The number of rotatable bonds is 15. The van der Waals surface area contributed by atoms with Crippen LogP contribution in [0.15, 0.2) is 0 Å². The first-order valence-electron chi connectivity index (χ1n) is 7.81. The molecule has 0 saturated carbocycles. The normalized spacial score (nSPS) is 12.5. The van der Waals surface area contributed by atoms with Crippen molar-refractivity contribution < 1.29 is 14.7 Å². The van der Waals surface area contributed by atoms with E-state index in [1.54, 1.807) is 11.8 Å². The summed E-state index contributed by atoms with van der Waals surface area (Å²) in [5.74, 6) is -0.0135. The Morgan fingerprint density at radius 2 is 1.75 bits per heavy atom. The second kappa shape index (κ2) is 15.1. The van der Waals surface area contributed by atoms with Gasteiger partial charge in [0.2, 0.25) is 0 Å². The van der Waals surface area contributed by atoms with E-state index in [2.05, 4.69) is 12.4 Å². The molecule has 0 spiro atoms. The van der Waals surface area contributed by atoms with Gasteiger partial charge in [0.1, 0.15) is 6.04 Å². The fourth-order valence-electron chi connectivity index (χ4n) is 1.94. The number of hydroxylamine groups is 1. The standard InChI is InChI=1S/C15H31NO3S/c1-3-4-5-6-7-8-9-10-12-19-16-14(15(17)18)11-13-20-2/h14,16H,3-13H2,1-2H3,(H,17,18)/t14-/m0/s1. The Morgan fingerprint density at radius 1 is 1.15 bits per heavy atom. The van der Waals surface area contributed by atoms with Crippen molar-refractivity contribution in [1.29, 1.82) is 0 Å². The third kappa shape index (κ3) is 12.8. The molecule has 0 rings (SSSR count). The van der Waals surface area contributed by atoms with E-state index in [1.165, 1.54) is 38.5 Å². The molecular formula is C15H31NO3S. The van der Waals surface area contributed by atoms with Crippen LogP contribution in [0.25, 0.3) is 0 Å². The summed E-state index contributed by atoms with van der Waals surface area (Å²) >= 11 is 1.65. The van der Waals surface area contributed by atoms with Gasteiger partial charge in [0.25, 0.3) is 0 Å². The molecule has 0 radical (unpaired) electrons. The summed E-state index contributed by atoms with van der Waals surface area (Å²) in [6.07, 6.45) is 12.6.